The van der Waals surface area contributed by atoms with E-state index < -0.39 is 66.9 Å². The van der Waals surface area contributed by atoms with E-state index in [4.69, 9.17) is 32.5 Å². The number of aliphatic carboxylic acids is 2. The molecule has 0 aliphatic rings. The first kappa shape index (κ1) is 30.2. The van der Waals surface area contributed by atoms with Crippen LogP contribution in [0.1, 0.15) is 44.9 Å². The Morgan fingerprint density at radius 2 is 1.18 bits per heavy atom. The summed E-state index contributed by atoms with van der Waals surface area (Å²) in [4.78, 5) is 59.7. The minimum Gasteiger partial charge on any atom is -0.481 e. The predicted octanol–water partition coefficient (Wildman–Crippen LogP) is -3.42. The molecule has 0 saturated heterocycles. The molecule has 0 aliphatic heterocycles. The lowest BCUT2D eigenvalue weighted by Gasteiger charge is -2.24. The number of nitrogens with two attached hydrogens (primary N) is 3. The van der Waals surface area contributed by atoms with Crippen molar-refractivity contribution in [1.29, 1.82) is 0 Å². The summed E-state index contributed by atoms with van der Waals surface area (Å²) in [5, 5.41) is 33.8. The summed E-state index contributed by atoms with van der Waals surface area (Å²) in [6, 6.07) is -5.34. The second-order valence-corrected chi connectivity index (χ2v) is 7.48. The van der Waals surface area contributed by atoms with Crippen LogP contribution in [-0.2, 0) is 24.0 Å². The lowest BCUT2D eigenvalue weighted by atomic mass is 10.0. The zero-order chi connectivity index (χ0) is 25.4. The standard InChI is InChI=1S/C19H36N6O8/c20-7-3-1-5-11(22)16(29)23-12(6-2-4-8-21)17(30)24-13(9-15(27)28)18(31)25-14(10-26)19(32)33/h11-14,26H,1-10,20-22H2,(H,23,29)(H,24,30)(H,25,31)(H,27,28)(H,32,33). The highest BCUT2D eigenvalue weighted by Crippen LogP contribution is 2.05. The quantitative estimate of drug-likeness (QED) is 0.0879. The molecule has 0 radical (unpaired) electrons. The number of nitrogens with one attached hydrogen (secondary N) is 3. The average molecular weight is 477 g/mol. The number of carboxylic acids is 2. The van der Waals surface area contributed by atoms with Gasteiger partial charge in [-0.2, -0.15) is 0 Å². The number of rotatable bonds is 18. The number of carboxylic acid groups (broad SMARTS) is 2. The molecule has 0 aliphatic carbocycles. The second kappa shape index (κ2) is 16.8. The highest BCUT2D eigenvalue weighted by atomic mass is 16.4. The van der Waals surface area contributed by atoms with E-state index in [1.165, 1.54) is 0 Å². The number of carbonyl (C=O) groups is 5. The molecule has 33 heavy (non-hydrogen) atoms. The molecule has 4 atom stereocenters. The van der Waals surface area contributed by atoms with Crippen molar-refractivity contribution in [3.63, 3.8) is 0 Å². The Labute approximate surface area is 191 Å². The van der Waals surface area contributed by atoms with Gasteiger partial charge in [0.05, 0.1) is 19.1 Å². The van der Waals surface area contributed by atoms with Crippen LogP contribution in [0.25, 0.3) is 0 Å². The molecule has 0 bridgehead atoms. The largest absolute Gasteiger partial charge is 0.481 e. The number of amides is 3. The molecule has 4 unspecified atom stereocenters. The first-order valence-corrected chi connectivity index (χ1v) is 10.7. The summed E-state index contributed by atoms with van der Waals surface area (Å²) >= 11 is 0. The van der Waals surface area contributed by atoms with Gasteiger partial charge in [0.15, 0.2) is 0 Å². The molecule has 3 amide bonds. The highest BCUT2D eigenvalue weighted by Gasteiger charge is 2.31. The lowest BCUT2D eigenvalue weighted by molar-refractivity contribution is -0.144. The van der Waals surface area contributed by atoms with Gasteiger partial charge in [-0.15, -0.1) is 0 Å². The van der Waals surface area contributed by atoms with Crippen LogP contribution in [0.3, 0.4) is 0 Å². The normalized spacial score (nSPS) is 14.4. The Bertz CT molecular complexity index is 662. The van der Waals surface area contributed by atoms with Gasteiger partial charge in [-0.25, -0.2) is 4.79 Å². The Kier molecular flexibility index (Phi) is 15.3. The monoisotopic (exact) mass is 476 g/mol. The fourth-order valence-corrected chi connectivity index (χ4v) is 2.79. The fraction of sp³-hybridized carbons (Fsp3) is 0.737. The maximum absolute atomic E-state index is 12.8. The SMILES string of the molecule is NCCCCC(N)C(=O)NC(CCCCN)C(=O)NC(CC(=O)O)C(=O)NC(CO)C(=O)O. The van der Waals surface area contributed by atoms with Gasteiger partial charge < -0.3 is 48.5 Å². The Morgan fingerprint density at radius 1 is 0.697 bits per heavy atom. The summed E-state index contributed by atoms with van der Waals surface area (Å²) in [5.41, 5.74) is 16.7. The van der Waals surface area contributed by atoms with Crippen molar-refractivity contribution in [3.8, 4) is 0 Å². The molecule has 0 rings (SSSR count). The van der Waals surface area contributed by atoms with E-state index in [1.807, 2.05) is 5.32 Å². The molecular weight excluding hydrogens is 440 g/mol. The van der Waals surface area contributed by atoms with Crippen molar-refractivity contribution in [2.75, 3.05) is 19.7 Å². The van der Waals surface area contributed by atoms with Crippen molar-refractivity contribution in [1.82, 2.24) is 16.0 Å². The first-order chi connectivity index (χ1) is 15.6. The average Bonchev–Trinajstić information content (AvgIpc) is 2.75. The number of hydrogen-bond acceptors (Lipinski definition) is 9. The van der Waals surface area contributed by atoms with Crippen LogP contribution in [0.4, 0.5) is 0 Å². The van der Waals surface area contributed by atoms with E-state index >= 15 is 0 Å². The number of aliphatic hydroxyl groups excluding tert-OH is 1. The van der Waals surface area contributed by atoms with E-state index in [1.54, 1.807) is 0 Å². The van der Waals surface area contributed by atoms with Crippen molar-refractivity contribution in [2.45, 2.75) is 69.1 Å². The smallest absolute Gasteiger partial charge is 0.328 e. The van der Waals surface area contributed by atoms with Gasteiger partial charge in [0.2, 0.25) is 17.7 Å². The van der Waals surface area contributed by atoms with Gasteiger partial charge >= 0.3 is 11.9 Å². The van der Waals surface area contributed by atoms with Crippen molar-refractivity contribution < 1.29 is 39.3 Å². The van der Waals surface area contributed by atoms with Crippen LogP contribution < -0.4 is 33.2 Å². The van der Waals surface area contributed by atoms with E-state index in [9.17, 15) is 24.0 Å². The minimum atomic E-state index is -1.68. The Balaban J connectivity index is 5.36. The minimum absolute atomic E-state index is 0.153. The highest BCUT2D eigenvalue weighted by molar-refractivity contribution is 5.95. The molecule has 14 nitrogen and oxygen atoms in total. The van der Waals surface area contributed by atoms with E-state index in [0.717, 1.165) is 0 Å². The van der Waals surface area contributed by atoms with Crippen LogP contribution in [0.2, 0.25) is 0 Å². The van der Waals surface area contributed by atoms with Crippen LogP contribution in [0, 0.1) is 0 Å². The fourth-order valence-electron chi connectivity index (χ4n) is 2.79. The third kappa shape index (κ3) is 12.7. The Morgan fingerprint density at radius 3 is 1.67 bits per heavy atom. The van der Waals surface area contributed by atoms with Crippen LogP contribution in [0.5, 0.6) is 0 Å². The zero-order valence-electron chi connectivity index (χ0n) is 18.5. The van der Waals surface area contributed by atoms with Gasteiger partial charge in [0, 0.05) is 0 Å². The maximum atomic E-state index is 12.8. The Hall–Kier alpha value is -2.81. The van der Waals surface area contributed by atoms with Gasteiger partial charge in [-0.3, -0.25) is 19.2 Å². The van der Waals surface area contributed by atoms with Gasteiger partial charge in [0.25, 0.3) is 0 Å². The van der Waals surface area contributed by atoms with Crippen molar-refractivity contribution in [2.24, 2.45) is 17.2 Å². The number of hydrogen-bond donors (Lipinski definition) is 9. The van der Waals surface area contributed by atoms with Crippen LogP contribution >= 0.6 is 0 Å². The van der Waals surface area contributed by atoms with Crippen LogP contribution in [0.15, 0.2) is 0 Å². The maximum Gasteiger partial charge on any atom is 0.328 e. The number of carbonyl (C=O) groups excluding carboxylic acids is 3. The van der Waals surface area contributed by atoms with Gasteiger partial charge in [0.1, 0.15) is 18.1 Å². The van der Waals surface area contributed by atoms with E-state index in [-0.39, 0.29) is 6.42 Å². The molecule has 14 heteroatoms. The third-order valence-electron chi connectivity index (χ3n) is 4.69. The van der Waals surface area contributed by atoms with E-state index in [2.05, 4.69) is 10.6 Å². The van der Waals surface area contributed by atoms with Crippen LogP contribution in [-0.4, -0.2) is 88.8 Å². The first-order valence-electron chi connectivity index (χ1n) is 10.7. The third-order valence-corrected chi connectivity index (χ3v) is 4.69. The zero-order valence-corrected chi connectivity index (χ0v) is 18.5. The molecule has 0 aromatic heterocycles. The summed E-state index contributed by atoms with van der Waals surface area (Å²) in [6.45, 7) is -0.137. The molecule has 0 spiro atoms. The second-order valence-electron chi connectivity index (χ2n) is 7.48. The molecule has 0 aromatic rings. The summed E-state index contributed by atoms with van der Waals surface area (Å²) in [5.74, 6) is -5.52. The predicted molar refractivity (Wildman–Crippen MR) is 117 cm³/mol. The summed E-state index contributed by atoms with van der Waals surface area (Å²) in [6.07, 6.45) is 1.96. The lowest BCUT2D eigenvalue weighted by Crippen LogP contribution is -2.57. The summed E-state index contributed by atoms with van der Waals surface area (Å²) in [7, 11) is 0. The van der Waals surface area contributed by atoms with Crippen molar-refractivity contribution >= 4 is 29.7 Å². The molecular formula is C19H36N6O8. The van der Waals surface area contributed by atoms with E-state index in [0.29, 0.717) is 45.2 Å². The molecule has 0 saturated carbocycles. The number of aliphatic hydroxyl groups is 1. The topological polar surface area (TPSA) is 260 Å². The number of unbranched alkanes of at least 4 members (excludes halogenated alkanes) is 2. The molecule has 0 heterocycles. The molecule has 0 aromatic carbocycles. The summed E-state index contributed by atoms with van der Waals surface area (Å²) < 4.78 is 0. The van der Waals surface area contributed by atoms with Crippen molar-refractivity contribution in [3.05, 3.63) is 0 Å². The molecule has 190 valence electrons. The van der Waals surface area contributed by atoms with Gasteiger partial charge in [-0.05, 0) is 45.2 Å². The molecule has 12 N–H and O–H groups in total. The molecule has 0 fully saturated rings. The van der Waals surface area contributed by atoms with Gasteiger partial charge in [-0.1, -0.05) is 6.42 Å².